The SMILES string of the molecule is CCC(=CCN1CCC(C)(C)CC1)C(=O)OC. The minimum Gasteiger partial charge on any atom is -0.466 e. The molecule has 0 N–H and O–H groups in total. The molecule has 0 atom stereocenters. The molecule has 0 aliphatic carbocycles. The summed E-state index contributed by atoms with van der Waals surface area (Å²) in [6.45, 7) is 9.76. The zero-order chi connectivity index (χ0) is 12.9. The number of esters is 1. The molecule has 98 valence electrons. The van der Waals surface area contributed by atoms with E-state index in [4.69, 9.17) is 4.74 Å². The van der Waals surface area contributed by atoms with Gasteiger partial charge in [-0.1, -0.05) is 26.8 Å². The van der Waals surface area contributed by atoms with Crippen molar-refractivity contribution >= 4 is 5.97 Å². The van der Waals surface area contributed by atoms with Crippen LogP contribution in [-0.2, 0) is 9.53 Å². The molecular formula is C14H25NO2. The van der Waals surface area contributed by atoms with Crippen molar-refractivity contribution in [2.45, 2.75) is 40.0 Å². The predicted octanol–water partition coefficient (Wildman–Crippen LogP) is 2.62. The van der Waals surface area contributed by atoms with E-state index in [0.29, 0.717) is 5.41 Å². The molecule has 1 rings (SSSR count). The van der Waals surface area contributed by atoms with Crippen LogP contribution in [0.2, 0.25) is 0 Å². The fourth-order valence-corrected chi connectivity index (χ4v) is 2.08. The number of hydrogen-bond acceptors (Lipinski definition) is 3. The van der Waals surface area contributed by atoms with Gasteiger partial charge in [0, 0.05) is 12.1 Å². The Morgan fingerprint density at radius 1 is 1.35 bits per heavy atom. The first-order valence-corrected chi connectivity index (χ1v) is 6.48. The summed E-state index contributed by atoms with van der Waals surface area (Å²) in [6.07, 6.45) is 5.23. The third kappa shape index (κ3) is 4.50. The lowest BCUT2D eigenvalue weighted by Gasteiger charge is -2.36. The highest BCUT2D eigenvalue weighted by Gasteiger charge is 2.24. The zero-order valence-corrected chi connectivity index (χ0v) is 11.6. The van der Waals surface area contributed by atoms with Gasteiger partial charge in [-0.15, -0.1) is 0 Å². The molecule has 3 nitrogen and oxygen atoms in total. The maximum atomic E-state index is 11.4. The van der Waals surface area contributed by atoms with Gasteiger partial charge in [0.05, 0.1) is 7.11 Å². The second-order valence-electron chi connectivity index (χ2n) is 5.54. The Morgan fingerprint density at radius 3 is 2.41 bits per heavy atom. The van der Waals surface area contributed by atoms with E-state index in [2.05, 4.69) is 18.7 Å². The lowest BCUT2D eigenvalue weighted by Crippen LogP contribution is -2.37. The highest BCUT2D eigenvalue weighted by molar-refractivity contribution is 5.88. The third-order valence-corrected chi connectivity index (χ3v) is 3.63. The quantitative estimate of drug-likeness (QED) is 0.558. The average Bonchev–Trinajstić information content (AvgIpc) is 2.31. The van der Waals surface area contributed by atoms with Crippen LogP contribution in [0.1, 0.15) is 40.0 Å². The molecule has 0 aromatic heterocycles. The maximum Gasteiger partial charge on any atom is 0.333 e. The van der Waals surface area contributed by atoms with Crippen LogP contribution >= 0.6 is 0 Å². The van der Waals surface area contributed by atoms with Crippen LogP contribution in [0.4, 0.5) is 0 Å². The van der Waals surface area contributed by atoms with Gasteiger partial charge >= 0.3 is 5.97 Å². The molecule has 0 amide bonds. The smallest absolute Gasteiger partial charge is 0.333 e. The van der Waals surface area contributed by atoms with E-state index in [9.17, 15) is 4.79 Å². The van der Waals surface area contributed by atoms with E-state index in [-0.39, 0.29) is 5.97 Å². The van der Waals surface area contributed by atoms with Gasteiger partial charge in [-0.2, -0.15) is 0 Å². The van der Waals surface area contributed by atoms with Crippen LogP contribution in [0.3, 0.4) is 0 Å². The van der Waals surface area contributed by atoms with Crippen LogP contribution < -0.4 is 0 Å². The fourth-order valence-electron chi connectivity index (χ4n) is 2.08. The molecule has 0 aromatic rings. The van der Waals surface area contributed by atoms with E-state index < -0.39 is 0 Å². The van der Waals surface area contributed by atoms with Crippen molar-refractivity contribution in [3.63, 3.8) is 0 Å². The van der Waals surface area contributed by atoms with E-state index in [1.165, 1.54) is 20.0 Å². The third-order valence-electron chi connectivity index (χ3n) is 3.63. The van der Waals surface area contributed by atoms with Crippen molar-refractivity contribution in [2.24, 2.45) is 5.41 Å². The van der Waals surface area contributed by atoms with Crippen LogP contribution in [0.15, 0.2) is 11.6 Å². The Hall–Kier alpha value is -0.830. The van der Waals surface area contributed by atoms with Gasteiger partial charge in [0.1, 0.15) is 0 Å². The number of likely N-dealkylation sites (tertiary alicyclic amines) is 1. The van der Waals surface area contributed by atoms with E-state index in [0.717, 1.165) is 31.6 Å². The summed E-state index contributed by atoms with van der Waals surface area (Å²) in [5, 5.41) is 0. The van der Waals surface area contributed by atoms with Crippen LogP contribution in [0.25, 0.3) is 0 Å². The Labute approximate surface area is 105 Å². The number of methoxy groups -OCH3 is 1. The average molecular weight is 239 g/mol. The molecule has 1 aliphatic rings. The topological polar surface area (TPSA) is 29.5 Å². The number of piperidine rings is 1. The summed E-state index contributed by atoms with van der Waals surface area (Å²) >= 11 is 0. The number of hydrogen-bond donors (Lipinski definition) is 0. The van der Waals surface area contributed by atoms with Crippen molar-refractivity contribution in [3.05, 3.63) is 11.6 Å². The molecule has 0 bridgehead atoms. The Bertz CT molecular complexity index is 285. The molecule has 1 aliphatic heterocycles. The molecule has 0 aromatic carbocycles. The lowest BCUT2D eigenvalue weighted by molar-refractivity contribution is -0.136. The molecule has 0 radical (unpaired) electrons. The second kappa shape index (κ2) is 6.20. The van der Waals surface area contributed by atoms with Gasteiger partial charge in [0.15, 0.2) is 0 Å². The Morgan fingerprint density at radius 2 is 1.94 bits per heavy atom. The molecular weight excluding hydrogens is 214 g/mol. The zero-order valence-electron chi connectivity index (χ0n) is 11.6. The minimum absolute atomic E-state index is 0.190. The molecule has 3 heteroatoms. The molecule has 0 spiro atoms. The van der Waals surface area contributed by atoms with Crippen molar-refractivity contribution in [1.82, 2.24) is 4.90 Å². The summed E-state index contributed by atoms with van der Waals surface area (Å²) < 4.78 is 4.75. The lowest BCUT2D eigenvalue weighted by atomic mass is 9.83. The van der Waals surface area contributed by atoms with Crippen molar-refractivity contribution in [3.8, 4) is 0 Å². The number of carbonyl (C=O) groups is 1. The van der Waals surface area contributed by atoms with Gasteiger partial charge in [-0.3, -0.25) is 4.90 Å². The molecule has 0 saturated carbocycles. The summed E-state index contributed by atoms with van der Waals surface area (Å²) in [7, 11) is 1.44. The monoisotopic (exact) mass is 239 g/mol. The molecule has 1 saturated heterocycles. The van der Waals surface area contributed by atoms with Gasteiger partial charge in [0.25, 0.3) is 0 Å². The van der Waals surface area contributed by atoms with E-state index in [1.54, 1.807) is 0 Å². The summed E-state index contributed by atoms with van der Waals surface area (Å²) in [5.41, 5.74) is 1.27. The van der Waals surface area contributed by atoms with Crippen molar-refractivity contribution in [1.29, 1.82) is 0 Å². The highest BCUT2D eigenvalue weighted by Crippen LogP contribution is 2.29. The normalized spacial score (nSPS) is 21.3. The van der Waals surface area contributed by atoms with E-state index >= 15 is 0 Å². The van der Waals surface area contributed by atoms with Gasteiger partial charge < -0.3 is 4.74 Å². The van der Waals surface area contributed by atoms with Gasteiger partial charge in [0.2, 0.25) is 0 Å². The van der Waals surface area contributed by atoms with Crippen molar-refractivity contribution < 1.29 is 9.53 Å². The summed E-state index contributed by atoms with van der Waals surface area (Å²) in [4.78, 5) is 13.8. The first-order valence-electron chi connectivity index (χ1n) is 6.48. The number of rotatable bonds is 4. The largest absolute Gasteiger partial charge is 0.466 e. The Kier molecular flexibility index (Phi) is 5.19. The second-order valence-corrected chi connectivity index (χ2v) is 5.54. The Balaban J connectivity index is 2.45. The predicted molar refractivity (Wildman–Crippen MR) is 69.8 cm³/mol. The highest BCUT2D eigenvalue weighted by atomic mass is 16.5. The number of nitrogens with zero attached hydrogens (tertiary/aromatic N) is 1. The maximum absolute atomic E-state index is 11.4. The van der Waals surface area contributed by atoms with Crippen LogP contribution in [0.5, 0.6) is 0 Å². The van der Waals surface area contributed by atoms with Crippen LogP contribution in [0, 0.1) is 5.41 Å². The van der Waals surface area contributed by atoms with E-state index in [1.807, 2.05) is 13.0 Å². The number of carbonyl (C=O) groups excluding carboxylic acids is 1. The molecule has 17 heavy (non-hydrogen) atoms. The molecule has 0 unspecified atom stereocenters. The van der Waals surface area contributed by atoms with Crippen molar-refractivity contribution in [2.75, 3.05) is 26.7 Å². The van der Waals surface area contributed by atoms with Crippen LogP contribution in [-0.4, -0.2) is 37.6 Å². The fraction of sp³-hybridized carbons (Fsp3) is 0.786. The molecule has 1 heterocycles. The first-order chi connectivity index (χ1) is 7.98. The minimum atomic E-state index is -0.190. The number of ether oxygens (including phenoxy) is 1. The summed E-state index contributed by atoms with van der Waals surface area (Å²) in [6, 6.07) is 0. The van der Waals surface area contributed by atoms with Gasteiger partial charge in [-0.25, -0.2) is 4.79 Å². The van der Waals surface area contributed by atoms with Gasteiger partial charge in [-0.05, 0) is 37.8 Å². The first kappa shape index (κ1) is 14.2. The standard InChI is InChI=1S/C14H25NO2/c1-5-12(13(16)17-4)6-9-15-10-7-14(2,3)8-11-15/h6H,5,7-11H2,1-4H3. The molecule has 1 fully saturated rings. The summed E-state index contributed by atoms with van der Waals surface area (Å²) in [5.74, 6) is -0.190.